The molecule has 26 heavy (non-hydrogen) atoms. The van der Waals surface area contributed by atoms with Crippen molar-refractivity contribution in [3.05, 3.63) is 29.3 Å². The van der Waals surface area contributed by atoms with Crippen LogP contribution in [0.3, 0.4) is 0 Å². The van der Waals surface area contributed by atoms with E-state index in [2.05, 4.69) is 19.9 Å². The molecule has 3 unspecified atom stereocenters. The van der Waals surface area contributed by atoms with Gasteiger partial charge < -0.3 is 4.74 Å². The third kappa shape index (κ3) is 4.20. The van der Waals surface area contributed by atoms with Gasteiger partial charge in [-0.05, 0) is 67.1 Å². The predicted octanol–water partition coefficient (Wildman–Crippen LogP) is 6.90. The lowest BCUT2D eigenvalue weighted by Crippen LogP contribution is -2.43. The summed E-state index contributed by atoms with van der Waals surface area (Å²) in [6.45, 7) is 6.26. The Labute approximate surface area is 155 Å². The highest BCUT2D eigenvalue weighted by Crippen LogP contribution is 2.43. The van der Waals surface area contributed by atoms with E-state index in [0.717, 1.165) is 17.4 Å². The minimum absolute atomic E-state index is 0.416. The van der Waals surface area contributed by atoms with Crippen molar-refractivity contribution in [1.29, 1.82) is 0 Å². The Morgan fingerprint density at radius 1 is 1.15 bits per heavy atom. The maximum Gasteiger partial charge on any atom is 0.425 e. The second kappa shape index (κ2) is 7.82. The summed E-state index contributed by atoms with van der Waals surface area (Å²) >= 11 is 0. The normalized spacial score (nSPS) is 30.4. The zero-order valence-electron chi connectivity index (χ0n) is 16.1. The first kappa shape index (κ1) is 19.6. The first-order valence-corrected chi connectivity index (χ1v) is 10.2. The molecule has 1 aliphatic heterocycles. The summed E-state index contributed by atoms with van der Waals surface area (Å²) in [6, 6.07) is 5.86. The van der Waals surface area contributed by atoms with Crippen molar-refractivity contribution < 1.29 is 17.9 Å². The van der Waals surface area contributed by atoms with E-state index in [1.54, 1.807) is 13.0 Å². The smallest absolute Gasteiger partial charge is 0.425 e. The zero-order chi connectivity index (χ0) is 18.9. The molecule has 1 saturated carbocycles. The number of hydrogen-bond donors (Lipinski definition) is 0. The minimum Gasteiger partial charge on any atom is -0.480 e. The van der Waals surface area contributed by atoms with Gasteiger partial charge in [0.15, 0.2) is 6.10 Å². The van der Waals surface area contributed by atoms with Gasteiger partial charge in [-0.1, -0.05) is 45.7 Å². The second-order valence-corrected chi connectivity index (χ2v) is 8.51. The molecule has 3 atom stereocenters. The Balaban J connectivity index is 1.67. The van der Waals surface area contributed by atoms with Crippen LogP contribution in [0.2, 0.25) is 0 Å². The maximum atomic E-state index is 13.1. The van der Waals surface area contributed by atoms with Gasteiger partial charge in [-0.3, -0.25) is 0 Å². The molecule has 0 radical (unpaired) electrons. The van der Waals surface area contributed by atoms with Gasteiger partial charge in [0.05, 0.1) is 0 Å². The van der Waals surface area contributed by atoms with Crippen LogP contribution in [0.5, 0.6) is 5.75 Å². The summed E-state index contributed by atoms with van der Waals surface area (Å²) in [7, 11) is 0. The van der Waals surface area contributed by atoms with E-state index in [1.807, 2.05) is 6.07 Å². The van der Waals surface area contributed by atoms with Crippen LogP contribution in [0.4, 0.5) is 13.2 Å². The van der Waals surface area contributed by atoms with Gasteiger partial charge in [0.1, 0.15) is 5.75 Å². The van der Waals surface area contributed by atoms with Crippen LogP contribution < -0.4 is 4.74 Å². The molecule has 4 heteroatoms. The van der Waals surface area contributed by atoms with Crippen molar-refractivity contribution in [2.75, 3.05) is 0 Å². The van der Waals surface area contributed by atoms with Gasteiger partial charge >= 0.3 is 6.18 Å². The van der Waals surface area contributed by atoms with E-state index in [-0.39, 0.29) is 0 Å². The van der Waals surface area contributed by atoms with Crippen molar-refractivity contribution in [3.63, 3.8) is 0 Å². The number of ether oxygens (including phenoxy) is 1. The van der Waals surface area contributed by atoms with Crippen LogP contribution in [0.1, 0.15) is 76.3 Å². The third-order valence-electron chi connectivity index (χ3n) is 6.51. The van der Waals surface area contributed by atoms with Crippen LogP contribution in [-0.2, 0) is 6.42 Å². The lowest BCUT2D eigenvalue weighted by atomic mass is 9.73. The first-order chi connectivity index (χ1) is 12.3. The van der Waals surface area contributed by atoms with E-state index >= 15 is 0 Å². The van der Waals surface area contributed by atoms with Crippen LogP contribution in [0, 0.1) is 17.8 Å². The summed E-state index contributed by atoms with van der Waals surface area (Å²) in [4.78, 5) is 0. The summed E-state index contributed by atoms with van der Waals surface area (Å²) < 4.78 is 44.6. The fourth-order valence-electron chi connectivity index (χ4n) is 4.94. The first-order valence-electron chi connectivity index (χ1n) is 10.2. The highest BCUT2D eigenvalue weighted by atomic mass is 19.4. The van der Waals surface area contributed by atoms with Gasteiger partial charge in [-0.2, -0.15) is 13.2 Å². The van der Waals surface area contributed by atoms with Crippen LogP contribution in [0.25, 0.3) is 0 Å². The fraction of sp³-hybridized carbons (Fsp3) is 0.727. The van der Waals surface area contributed by atoms with Gasteiger partial charge in [-0.25, -0.2) is 0 Å². The number of hydrogen-bond acceptors (Lipinski definition) is 1. The molecule has 0 bridgehead atoms. The van der Waals surface area contributed by atoms with E-state index in [0.29, 0.717) is 18.1 Å². The number of fused-ring (bicyclic) bond motifs is 1. The average molecular weight is 368 g/mol. The van der Waals surface area contributed by atoms with E-state index in [1.165, 1.54) is 44.1 Å². The molecule has 2 aliphatic rings. The van der Waals surface area contributed by atoms with E-state index in [9.17, 15) is 13.2 Å². The molecule has 146 valence electrons. The Kier molecular flexibility index (Phi) is 5.88. The monoisotopic (exact) mass is 368 g/mol. The van der Waals surface area contributed by atoms with Gasteiger partial charge in [-0.15, -0.1) is 0 Å². The molecule has 1 fully saturated rings. The molecule has 0 saturated heterocycles. The topological polar surface area (TPSA) is 9.23 Å². The van der Waals surface area contributed by atoms with Crippen LogP contribution >= 0.6 is 0 Å². The number of alkyl halides is 3. The number of rotatable bonds is 4. The quantitative estimate of drug-likeness (QED) is 0.562. The average Bonchev–Trinajstić information content (AvgIpc) is 2.60. The highest BCUT2D eigenvalue weighted by molar-refractivity contribution is 5.40. The molecule has 1 aromatic rings. The SMILES string of the molecule is CCCC(C)C1CCC(c2ccc3c(c2)CC(C)C(C(F)(F)F)O3)CC1. The molecule has 1 aromatic carbocycles. The Morgan fingerprint density at radius 3 is 2.46 bits per heavy atom. The molecule has 3 rings (SSSR count). The maximum absolute atomic E-state index is 13.1. The molecule has 1 nitrogen and oxygen atoms in total. The Morgan fingerprint density at radius 2 is 1.85 bits per heavy atom. The fourth-order valence-corrected chi connectivity index (χ4v) is 4.94. The molecule has 0 amide bonds. The molecule has 0 N–H and O–H groups in total. The summed E-state index contributed by atoms with van der Waals surface area (Å²) in [5.74, 6) is 2.06. The summed E-state index contributed by atoms with van der Waals surface area (Å²) in [5.41, 5.74) is 2.23. The van der Waals surface area contributed by atoms with Crippen LogP contribution in [0.15, 0.2) is 18.2 Å². The second-order valence-electron chi connectivity index (χ2n) is 8.51. The molecule has 0 spiro atoms. The number of halogens is 3. The lowest BCUT2D eigenvalue weighted by molar-refractivity contribution is -0.211. The van der Waals surface area contributed by atoms with Gasteiger partial charge in [0, 0.05) is 5.92 Å². The predicted molar refractivity (Wildman–Crippen MR) is 98.6 cm³/mol. The van der Waals surface area contributed by atoms with Crippen molar-refractivity contribution in [2.45, 2.75) is 83.9 Å². The van der Waals surface area contributed by atoms with Crippen LogP contribution in [-0.4, -0.2) is 12.3 Å². The molecular weight excluding hydrogens is 337 g/mol. The largest absolute Gasteiger partial charge is 0.480 e. The Hall–Kier alpha value is -1.19. The highest BCUT2D eigenvalue weighted by Gasteiger charge is 2.47. The van der Waals surface area contributed by atoms with Crippen molar-refractivity contribution in [1.82, 2.24) is 0 Å². The molecule has 1 aliphatic carbocycles. The van der Waals surface area contributed by atoms with Gasteiger partial charge in [0.2, 0.25) is 0 Å². The van der Waals surface area contributed by atoms with Crippen molar-refractivity contribution in [2.24, 2.45) is 17.8 Å². The molecule has 1 heterocycles. The molecular formula is C22H31F3O. The van der Waals surface area contributed by atoms with E-state index < -0.39 is 18.2 Å². The summed E-state index contributed by atoms with van der Waals surface area (Å²) in [5, 5.41) is 0. The van der Waals surface area contributed by atoms with Gasteiger partial charge in [0.25, 0.3) is 0 Å². The van der Waals surface area contributed by atoms with E-state index in [4.69, 9.17) is 4.74 Å². The lowest BCUT2D eigenvalue weighted by Gasteiger charge is -2.35. The standard InChI is InChI=1S/C22H31F3O/c1-4-5-14(2)16-6-8-17(9-7-16)18-10-11-20-19(13-18)12-15(3)21(26-20)22(23,24)25/h10-11,13-17,21H,4-9,12H2,1-3H3. The zero-order valence-corrected chi connectivity index (χ0v) is 16.1. The third-order valence-corrected chi connectivity index (χ3v) is 6.51. The Bertz CT molecular complexity index is 602. The molecule has 0 aromatic heterocycles. The van der Waals surface area contributed by atoms with Crippen molar-refractivity contribution >= 4 is 0 Å². The number of benzene rings is 1. The minimum atomic E-state index is -4.30. The summed E-state index contributed by atoms with van der Waals surface area (Å²) in [6.07, 6.45) is 1.94. The van der Waals surface area contributed by atoms with Crippen molar-refractivity contribution in [3.8, 4) is 5.75 Å².